The largest absolute Gasteiger partial charge is 0.375 e. The van der Waals surface area contributed by atoms with Gasteiger partial charge in [-0.3, -0.25) is 14.4 Å². The molecular formula is C22H20N2O5. The molecule has 0 aromatic heterocycles. The summed E-state index contributed by atoms with van der Waals surface area (Å²) in [6.45, 7) is 0. The summed E-state index contributed by atoms with van der Waals surface area (Å²) in [4.78, 5) is 39.0. The Balaban J connectivity index is 1.58. The smallest absolute Gasteiger partial charge is 0.261 e. The molecule has 0 unspecified atom stereocenters. The molecule has 3 aliphatic rings. The van der Waals surface area contributed by atoms with Crippen LogP contribution >= 0.6 is 0 Å². The van der Waals surface area contributed by atoms with Crippen LogP contribution in [-0.2, 0) is 25.6 Å². The summed E-state index contributed by atoms with van der Waals surface area (Å²) >= 11 is 0. The maximum absolute atomic E-state index is 13.5. The van der Waals surface area contributed by atoms with Crippen molar-refractivity contribution in [3.63, 3.8) is 0 Å². The highest BCUT2D eigenvalue weighted by molar-refractivity contribution is 6.11. The van der Waals surface area contributed by atoms with Gasteiger partial charge < -0.3 is 20.8 Å². The van der Waals surface area contributed by atoms with Crippen molar-refractivity contribution in [3.8, 4) is 0 Å². The van der Waals surface area contributed by atoms with Gasteiger partial charge >= 0.3 is 0 Å². The summed E-state index contributed by atoms with van der Waals surface area (Å²) in [5.74, 6) is -3.87. The average Bonchev–Trinajstić information content (AvgIpc) is 3.14. The van der Waals surface area contributed by atoms with Gasteiger partial charge in [-0.05, 0) is 25.0 Å². The van der Waals surface area contributed by atoms with E-state index in [9.17, 15) is 24.6 Å². The van der Waals surface area contributed by atoms with Crippen molar-refractivity contribution >= 4 is 29.0 Å². The minimum atomic E-state index is -2.02. The molecule has 148 valence electrons. The van der Waals surface area contributed by atoms with Crippen molar-refractivity contribution in [2.75, 3.05) is 10.6 Å². The standard InChI is InChI=1S/C22H20N2O5/c25-18-14(21(28)12-6-1-3-10-16(12)23-19(21)26)8-5-9-15(18)22(29)13-7-2-4-11-17(13)24-20(22)27/h1-4,6-7,10-11,14-15,28-29H,5,8-9H2,(H,23,26)(H,24,27)/t14-,15+,21-,22-/m0/s1. The molecule has 2 amide bonds. The zero-order valence-corrected chi connectivity index (χ0v) is 15.5. The first kappa shape index (κ1) is 18.0. The molecule has 0 spiro atoms. The van der Waals surface area contributed by atoms with Crippen LogP contribution < -0.4 is 10.6 Å². The Bertz CT molecular complexity index is 985. The van der Waals surface area contributed by atoms with Crippen LogP contribution in [0.25, 0.3) is 0 Å². The van der Waals surface area contributed by atoms with Gasteiger partial charge in [-0.25, -0.2) is 0 Å². The number of fused-ring (bicyclic) bond motifs is 2. The average molecular weight is 392 g/mol. The normalized spacial score (nSPS) is 33.1. The van der Waals surface area contributed by atoms with E-state index >= 15 is 0 Å². The summed E-state index contributed by atoms with van der Waals surface area (Å²) in [5.41, 5.74) is -2.39. The molecule has 5 rings (SSSR count). The van der Waals surface area contributed by atoms with Crippen LogP contribution in [0.15, 0.2) is 48.5 Å². The van der Waals surface area contributed by atoms with Crippen molar-refractivity contribution in [3.05, 3.63) is 59.7 Å². The third kappa shape index (κ3) is 2.22. The number of ketones is 1. The van der Waals surface area contributed by atoms with E-state index in [0.717, 1.165) is 0 Å². The van der Waals surface area contributed by atoms with Gasteiger partial charge in [0.25, 0.3) is 11.8 Å². The topological polar surface area (TPSA) is 116 Å². The van der Waals surface area contributed by atoms with Gasteiger partial charge in [0.1, 0.15) is 5.78 Å². The van der Waals surface area contributed by atoms with E-state index in [0.29, 0.717) is 41.8 Å². The number of para-hydroxylation sites is 2. The Labute approximate surface area is 166 Å². The van der Waals surface area contributed by atoms with E-state index < -0.39 is 40.6 Å². The Hall–Kier alpha value is -3.03. The number of carbonyl (C=O) groups excluding carboxylic acids is 3. The molecule has 7 nitrogen and oxygen atoms in total. The van der Waals surface area contributed by atoms with Gasteiger partial charge in [-0.1, -0.05) is 42.8 Å². The fourth-order valence-corrected chi connectivity index (χ4v) is 5.10. The molecule has 0 radical (unpaired) electrons. The molecule has 7 heteroatoms. The number of amides is 2. The number of anilines is 2. The number of aliphatic hydroxyl groups is 2. The van der Waals surface area contributed by atoms with Crippen molar-refractivity contribution in [1.29, 1.82) is 0 Å². The minimum absolute atomic E-state index is 0.299. The van der Waals surface area contributed by atoms with Gasteiger partial charge in [0.2, 0.25) is 0 Å². The van der Waals surface area contributed by atoms with E-state index in [1.54, 1.807) is 48.5 Å². The Morgan fingerprint density at radius 1 is 0.724 bits per heavy atom. The van der Waals surface area contributed by atoms with Gasteiger partial charge in [0.05, 0.1) is 11.8 Å². The third-order valence-electron chi connectivity index (χ3n) is 6.55. The number of rotatable bonds is 2. The number of carbonyl (C=O) groups is 3. The van der Waals surface area contributed by atoms with Crippen molar-refractivity contribution in [2.45, 2.75) is 30.5 Å². The van der Waals surface area contributed by atoms with Gasteiger partial charge in [0.15, 0.2) is 11.2 Å². The lowest BCUT2D eigenvalue weighted by molar-refractivity contribution is -0.164. The number of nitrogens with one attached hydrogen (secondary N) is 2. The van der Waals surface area contributed by atoms with Crippen LogP contribution in [0.2, 0.25) is 0 Å². The van der Waals surface area contributed by atoms with E-state index in [2.05, 4.69) is 10.6 Å². The fraction of sp³-hybridized carbons (Fsp3) is 0.318. The third-order valence-corrected chi connectivity index (χ3v) is 6.55. The predicted molar refractivity (Wildman–Crippen MR) is 104 cm³/mol. The molecule has 1 fully saturated rings. The molecule has 1 saturated carbocycles. The second-order valence-corrected chi connectivity index (χ2v) is 7.97. The molecule has 0 saturated heterocycles. The molecule has 0 bridgehead atoms. The zero-order valence-electron chi connectivity index (χ0n) is 15.5. The molecule has 2 aromatic rings. The Morgan fingerprint density at radius 3 is 1.59 bits per heavy atom. The van der Waals surface area contributed by atoms with E-state index in [-0.39, 0.29) is 0 Å². The first-order valence-corrected chi connectivity index (χ1v) is 9.69. The van der Waals surface area contributed by atoms with Crippen LogP contribution in [0.5, 0.6) is 0 Å². The second kappa shape index (κ2) is 5.98. The highest BCUT2D eigenvalue weighted by Gasteiger charge is 2.61. The maximum Gasteiger partial charge on any atom is 0.261 e. The van der Waals surface area contributed by atoms with Crippen LogP contribution in [0.3, 0.4) is 0 Å². The summed E-state index contributed by atoms with van der Waals surface area (Å²) in [5, 5.41) is 28.1. The molecular weight excluding hydrogens is 372 g/mol. The van der Waals surface area contributed by atoms with Crippen LogP contribution in [0, 0.1) is 11.8 Å². The lowest BCUT2D eigenvalue weighted by Gasteiger charge is -2.40. The SMILES string of the molecule is O=C1[C@H]([C@]2(O)C(=O)Nc3ccccc32)CCC[C@@H]1[C@]1(O)C(=O)Nc2ccccc21. The highest BCUT2D eigenvalue weighted by Crippen LogP contribution is 2.51. The van der Waals surface area contributed by atoms with Crippen molar-refractivity contribution in [1.82, 2.24) is 0 Å². The Kier molecular flexibility index (Phi) is 3.72. The summed E-state index contributed by atoms with van der Waals surface area (Å²) in [6.07, 6.45) is 1.09. The number of Topliss-reactive ketones (excluding diaryl/α,β-unsaturated/α-hetero) is 1. The second-order valence-electron chi connectivity index (χ2n) is 7.97. The molecule has 2 aliphatic heterocycles. The van der Waals surface area contributed by atoms with E-state index in [1.807, 2.05) is 0 Å². The minimum Gasteiger partial charge on any atom is -0.375 e. The number of hydrogen-bond acceptors (Lipinski definition) is 5. The van der Waals surface area contributed by atoms with E-state index in [1.165, 1.54) is 0 Å². The Morgan fingerprint density at radius 2 is 1.14 bits per heavy atom. The molecule has 1 aliphatic carbocycles. The van der Waals surface area contributed by atoms with Gasteiger partial charge in [0, 0.05) is 22.5 Å². The molecule has 29 heavy (non-hydrogen) atoms. The molecule has 4 N–H and O–H groups in total. The molecule has 2 aromatic carbocycles. The van der Waals surface area contributed by atoms with Crippen molar-refractivity contribution in [2.24, 2.45) is 11.8 Å². The summed E-state index contributed by atoms with van der Waals surface area (Å²) in [7, 11) is 0. The number of benzene rings is 2. The van der Waals surface area contributed by atoms with Crippen LogP contribution in [0.4, 0.5) is 11.4 Å². The molecule has 4 atom stereocenters. The van der Waals surface area contributed by atoms with Gasteiger partial charge in [-0.2, -0.15) is 0 Å². The van der Waals surface area contributed by atoms with E-state index in [4.69, 9.17) is 0 Å². The van der Waals surface area contributed by atoms with Gasteiger partial charge in [-0.15, -0.1) is 0 Å². The summed E-state index contributed by atoms with van der Waals surface area (Å²) < 4.78 is 0. The monoisotopic (exact) mass is 392 g/mol. The predicted octanol–water partition coefficient (Wildman–Crippen LogP) is 1.65. The highest BCUT2D eigenvalue weighted by atomic mass is 16.3. The van der Waals surface area contributed by atoms with Crippen molar-refractivity contribution < 1.29 is 24.6 Å². The quantitative estimate of drug-likeness (QED) is 0.620. The lowest BCUT2D eigenvalue weighted by atomic mass is 9.64. The van der Waals surface area contributed by atoms with Crippen LogP contribution in [0.1, 0.15) is 30.4 Å². The number of hydrogen-bond donors (Lipinski definition) is 4. The fourth-order valence-electron chi connectivity index (χ4n) is 5.10. The zero-order chi connectivity index (χ0) is 20.4. The maximum atomic E-state index is 13.5. The first-order valence-electron chi connectivity index (χ1n) is 9.69. The van der Waals surface area contributed by atoms with Crippen LogP contribution in [-0.4, -0.2) is 27.8 Å². The first-order chi connectivity index (χ1) is 13.9. The molecule has 2 heterocycles. The lowest BCUT2D eigenvalue weighted by Crippen LogP contribution is -2.54. The summed E-state index contributed by atoms with van der Waals surface area (Å²) in [6, 6.07) is 13.4.